The first kappa shape index (κ1) is 16.3. The van der Waals surface area contributed by atoms with Crippen LogP contribution in [0.15, 0.2) is 0 Å². The molecule has 0 aromatic rings. The molecule has 1 saturated heterocycles. The molecular formula is C18H30N4O2. The van der Waals surface area contributed by atoms with Crippen molar-refractivity contribution >= 4 is 11.8 Å². The molecule has 3 N–H and O–H groups in total. The Morgan fingerprint density at radius 2 is 1.54 bits per heavy atom. The summed E-state index contributed by atoms with van der Waals surface area (Å²) < 4.78 is 0. The Morgan fingerprint density at radius 1 is 0.958 bits per heavy atom. The third-order valence-electron chi connectivity index (χ3n) is 6.55. The lowest BCUT2D eigenvalue weighted by Crippen LogP contribution is -2.61. The van der Waals surface area contributed by atoms with Crippen LogP contribution in [0.25, 0.3) is 0 Å². The van der Waals surface area contributed by atoms with Gasteiger partial charge in [-0.15, -0.1) is 0 Å². The maximum Gasteiger partial charge on any atom is 0.309 e. The fraction of sp³-hybridized carbons (Fsp3) is 0.889. The molecule has 2 amide bonds. The zero-order chi connectivity index (χ0) is 16.6. The van der Waals surface area contributed by atoms with Crippen LogP contribution in [-0.4, -0.2) is 61.5 Å². The first-order valence-electron chi connectivity index (χ1n) is 9.65. The minimum Gasteiger partial charge on any atom is -0.347 e. The van der Waals surface area contributed by atoms with Crippen molar-refractivity contribution in [3.05, 3.63) is 0 Å². The molecule has 4 aliphatic carbocycles. The number of hydrogen-bond acceptors (Lipinski definition) is 4. The minimum atomic E-state index is -0.458. The van der Waals surface area contributed by atoms with E-state index in [0.29, 0.717) is 6.54 Å². The molecule has 6 heteroatoms. The summed E-state index contributed by atoms with van der Waals surface area (Å²) in [6, 6.07) is 0. The maximum absolute atomic E-state index is 12.4. The molecular weight excluding hydrogens is 304 g/mol. The standard InChI is InChI=1S/C18H30N4O2/c23-16(20-3-6-22-4-1-19-2-5-22)17(24)21-18-10-13-7-14(11-18)9-15(8-13)12-18/h13-15,19H,1-12H2,(H,20,23)(H,21,24). The molecule has 5 fully saturated rings. The zero-order valence-corrected chi connectivity index (χ0v) is 14.5. The molecule has 0 aromatic carbocycles. The summed E-state index contributed by atoms with van der Waals surface area (Å²) in [5, 5.41) is 9.25. The van der Waals surface area contributed by atoms with Crippen molar-refractivity contribution in [2.45, 2.75) is 44.1 Å². The zero-order valence-electron chi connectivity index (χ0n) is 14.5. The highest BCUT2D eigenvalue weighted by Crippen LogP contribution is 2.55. The van der Waals surface area contributed by atoms with Crippen LogP contribution in [0.1, 0.15) is 38.5 Å². The summed E-state index contributed by atoms with van der Waals surface area (Å²) in [6.45, 7) is 5.39. The Balaban J connectivity index is 1.24. The van der Waals surface area contributed by atoms with Crippen LogP contribution in [0.3, 0.4) is 0 Å². The van der Waals surface area contributed by atoms with Crippen LogP contribution in [-0.2, 0) is 9.59 Å². The number of piperazine rings is 1. The lowest BCUT2D eigenvalue weighted by Gasteiger charge is -2.56. The summed E-state index contributed by atoms with van der Waals surface area (Å²) in [6.07, 6.45) is 7.26. The van der Waals surface area contributed by atoms with Crippen molar-refractivity contribution in [1.82, 2.24) is 20.9 Å². The number of carbonyl (C=O) groups excluding carboxylic acids is 2. The van der Waals surface area contributed by atoms with Crippen molar-refractivity contribution in [1.29, 1.82) is 0 Å². The first-order valence-corrected chi connectivity index (χ1v) is 9.65. The van der Waals surface area contributed by atoms with E-state index in [1.54, 1.807) is 0 Å². The average Bonchev–Trinajstić information content (AvgIpc) is 2.54. The molecule has 1 heterocycles. The molecule has 134 valence electrons. The molecule has 0 spiro atoms. The monoisotopic (exact) mass is 334 g/mol. The number of nitrogens with one attached hydrogen (secondary N) is 3. The molecule has 0 atom stereocenters. The molecule has 24 heavy (non-hydrogen) atoms. The van der Waals surface area contributed by atoms with Crippen LogP contribution >= 0.6 is 0 Å². The molecule has 5 aliphatic rings. The van der Waals surface area contributed by atoms with E-state index >= 15 is 0 Å². The smallest absolute Gasteiger partial charge is 0.309 e. The van der Waals surface area contributed by atoms with Gasteiger partial charge >= 0.3 is 11.8 Å². The van der Waals surface area contributed by atoms with Crippen LogP contribution in [0.2, 0.25) is 0 Å². The van der Waals surface area contributed by atoms with Crippen molar-refractivity contribution < 1.29 is 9.59 Å². The highest BCUT2D eigenvalue weighted by molar-refractivity contribution is 6.35. The minimum absolute atomic E-state index is 0.0816. The van der Waals surface area contributed by atoms with E-state index in [1.165, 1.54) is 19.3 Å². The maximum atomic E-state index is 12.4. The van der Waals surface area contributed by atoms with Gasteiger partial charge in [-0.3, -0.25) is 14.5 Å². The number of amides is 2. The predicted molar refractivity (Wildman–Crippen MR) is 91.4 cm³/mol. The summed E-state index contributed by atoms with van der Waals surface area (Å²) >= 11 is 0. The highest BCUT2D eigenvalue weighted by atomic mass is 16.2. The van der Waals surface area contributed by atoms with Crippen molar-refractivity contribution in [3.8, 4) is 0 Å². The Hall–Kier alpha value is -1.14. The van der Waals surface area contributed by atoms with Gasteiger partial charge in [0.1, 0.15) is 0 Å². The summed E-state index contributed by atoms with van der Waals surface area (Å²) in [5.74, 6) is 1.44. The molecule has 0 radical (unpaired) electrons. The van der Waals surface area contributed by atoms with E-state index in [0.717, 1.165) is 69.7 Å². The van der Waals surface area contributed by atoms with Gasteiger partial charge in [-0.2, -0.15) is 0 Å². The van der Waals surface area contributed by atoms with Crippen LogP contribution in [0.5, 0.6) is 0 Å². The fourth-order valence-corrected chi connectivity index (χ4v) is 5.90. The van der Waals surface area contributed by atoms with Gasteiger partial charge in [0.05, 0.1) is 0 Å². The molecule has 1 aliphatic heterocycles. The second kappa shape index (κ2) is 6.64. The molecule has 4 bridgehead atoms. The summed E-state index contributed by atoms with van der Waals surface area (Å²) in [4.78, 5) is 26.8. The SMILES string of the molecule is O=C(NCCN1CCNCC1)C(=O)NC12CC3CC(CC(C3)C1)C2. The van der Waals surface area contributed by atoms with E-state index < -0.39 is 11.8 Å². The van der Waals surface area contributed by atoms with Crippen molar-refractivity contribution in [2.24, 2.45) is 17.8 Å². The van der Waals surface area contributed by atoms with E-state index in [1.807, 2.05) is 0 Å². The Kier molecular flexibility index (Phi) is 4.52. The van der Waals surface area contributed by atoms with Gasteiger partial charge in [-0.25, -0.2) is 0 Å². The van der Waals surface area contributed by atoms with Gasteiger partial charge in [0.2, 0.25) is 0 Å². The third-order valence-corrected chi connectivity index (χ3v) is 6.55. The van der Waals surface area contributed by atoms with Gasteiger partial charge in [0.25, 0.3) is 0 Å². The van der Waals surface area contributed by atoms with Crippen LogP contribution < -0.4 is 16.0 Å². The first-order chi connectivity index (χ1) is 11.6. The van der Waals surface area contributed by atoms with Crippen molar-refractivity contribution in [3.63, 3.8) is 0 Å². The van der Waals surface area contributed by atoms with E-state index in [-0.39, 0.29) is 5.54 Å². The number of rotatable bonds is 4. The third kappa shape index (κ3) is 3.45. The van der Waals surface area contributed by atoms with E-state index in [2.05, 4.69) is 20.9 Å². The Morgan fingerprint density at radius 3 is 2.12 bits per heavy atom. The topological polar surface area (TPSA) is 73.5 Å². The Labute approximate surface area is 144 Å². The number of nitrogens with zero attached hydrogens (tertiary/aromatic N) is 1. The quantitative estimate of drug-likeness (QED) is 0.637. The van der Waals surface area contributed by atoms with Gasteiger partial charge in [-0.05, 0) is 56.3 Å². The largest absolute Gasteiger partial charge is 0.347 e. The molecule has 4 saturated carbocycles. The van der Waals surface area contributed by atoms with Gasteiger partial charge in [0, 0.05) is 44.8 Å². The van der Waals surface area contributed by atoms with Crippen molar-refractivity contribution in [2.75, 3.05) is 39.3 Å². The fourth-order valence-electron chi connectivity index (χ4n) is 5.90. The van der Waals surface area contributed by atoms with E-state index in [9.17, 15) is 9.59 Å². The predicted octanol–water partition coefficient (Wildman–Crippen LogP) is 0.0928. The van der Waals surface area contributed by atoms with E-state index in [4.69, 9.17) is 0 Å². The Bertz CT molecular complexity index is 466. The number of hydrogen-bond donors (Lipinski definition) is 3. The van der Waals surface area contributed by atoms with Gasteiger partial charge in [-0.1, -0.05) is 0 Å². The normalized spacial score (nSPS) is 38.1. The summed E-state index contributed by atoms with van der Waals surface area (Å²) in [5.41, 5.74) is -0.0816. The molecule has 5 rings (SSSR count). The second-order valence-corrected chi connectivity index (χ2v) is 8.50. The average molecular weight is 334 g/mol. The second-order valence-electron chi connectivity index (χ2n) is 8.50. The van der Waals surface area contributed by atoms with Crippen LogP contribution in [0, 0.1) is 17.8 Å². The lowest BCUT2D eigenvalue weighted by atomic mass is 9.53. The lowest BCUT2D eigenvalue weighted by molar-refractivity contribution is -0.142. The highest BCUT2D eigenvalue weighted by Gasteiger charge is 2.51. The van der Waals surface area contributed by atoms with Gasteiger partial charge in [0.15, 0.2) is 0 Å². The van der Waals surface area contributed by atoms with Gasteiger partial charge < -0.3 is 16.0 Å². The van der Waals surface area contributed by atoms with Crippen LogP contribution in [0.4, 0.5) is 0 Å². The molecule has 0 unspecified atom stereocenters. The molecule has 0 aromatic heterocycles. The summed E-state index contributed by atoms with van der Waals surface area (Å²) in [7, 11) is 0. The number of carbonyl (C=O) groups is 2. The molecule has 6 nitrogen and oxygen atoms in total.